The molecular weight excluding hydrogens is 224 g/mol. The summed E-state index contributed by atoms with van der Waals surface area (Å²) in [6.07, 6.45) is 2.36. The van der Waals surface area contributed by atoms with Gasteiger partial charge < -0.3 is 10.1 Å². The molecule has 1 N–H and O–H groups in total. The molecule has 1 rings (SSSR count). The van der Waals surface area contributed by atoms with E-state index >= 15 is 0 Å². The molecule has 0 radical (unpaired) electrons. The summed E-state index contributed by atoms with van der Waals surface area (Å²) in [5.41, 5.74) is 0.231. The minimum atomic E-state index is 0.231. The van der Waals surface area contributed by atoms with E-state index in [1.54, 1.807) is 0 Å². The van der Waals surface area contributed by atoms with E-state index < -0.39 is 0 Å². The Bertz CT molecular complexity index is 231. The Morgan fingerprint density at radius 1 is 1.33 bits per heavy atom. The van der Waals surface area contributed by atoms with Crippen molar-refractivity contribution in [3.05, 3.63) is 0 Å². The van der Waals surface area contributed by atoms with Crippen molar-refractivity contribution >= 4 is 0 Å². The molecule has 0 aliphatic carbocycles. The highest BCUT2D eigenvalue weighted by Gasteiger charge is 2.34. The minimum Gasteiger partial charge on any atom is -0.380 e. The number of ether oxygens (including phenoxy) is 1. The minimum absolute atomic E-state index is 0.231. The third kappa shape index (κ3) is 4.87. The largest absolute Gasteiger partial charge is 0.380 e. The quantitative estimate of drug-likeness (QED) is 0.708. The fourth-order valence-electron chi connectivity index (χ4n) is 2.70. The average molecular weight is 256 g/mol. The lowest BCUT2D eigenvalue weighted by Crippen LogP contribution is -2.63. The standard InChI is InChI=1S/C15H32N2O/c1-6-9-18-10-8-17-12-15(4,5)16-11-14(17)13(3)7-2/h13-14,16H,6-12H2,1-5H3. The second-order valence-corrected chi connectivity index (χ2v) is 6.30. The number of piperazine rings is 1. The van der Waals surface area contributed by atoms with E-state index in [1.807, 2.05) is 0 Å². The molecule has 2 unspecified atom stereocenters. The molecule has 1 aliphatic heterocycles. The van der Waals surface area contributed by atoms with Crippen molar-refractivity contribution in [2.45, 2.75) is 59.0 Å². The molecule has 0 saturated carbocycles. The van der Waals surface area contributed by atoms with Gasteiger partial charge in [0.1, 0.15) is 0 Å². The third-order valence-corrected chi connectivity index (χ3v) is 4.03. The van der Waals surface area contributed by atoms with Crippen LogP contribution in [0.4, 0.5) is 0 Å². The van der Waals surface area contributed by atoms with Crippen LogP contribution in [0, 0.1) is 5.92 Å². The van der Waals surface area contributed by atoms with Gasteiger partial charge in [0.15, 0.2) is 0 Å². The molecule has 2 atom stereocenters. The van der Waals surface area contributed by atoms with Gasteiger partial charge in [0.2, 0.25) is 0 Å². The SMILES string of the molecule is CCCOCCN1CC(C)(C)NCC1C(C)CC. The second-order valence-electron chi connectivity index (χ2n) is 6.30. The van der Waals surface area contributed by atoms with Crippen LogP contribution >= 0.6 is 0 Å². The summed E-state index contributed by atoms with van der Waals surface area (Å²) in [6, 6.07) is 0.660. The molecular formula is C15H32N2O. The molecule has 0 bridgehead atoms. The molecule has 108 valence electrons. The maximum atomic E-state index is 5.65. The smallest absolute Gasteiger partial charge is 0.0593 e. The highest BCUT2D eigenvalue weighted by atomic mass is 16.5. The zero-order chi connectivity index (χ0) is 13.6. The van der Waals surface area contributed by atoms with Crippen LogP contribution in [0.2, 0.25) is 0 Å². The highest BCUT2D eigenvalue weighted by molar-refractivity contribution is 4.93. The first kappa shape index (κ1) is 15.9. The Hall–Kier alpha value is -0.120. The van der Waals surface area contributed by atoms with Gasteiger partial charge in [-0.15, -0.1) is 0 Å². The lowest BCUT2D eigenvalue weighted by Gasteiger charge is -2.46. The molecule has 1 aliphatic rings. The molecule has 1 heterocycles. The van der Waals surface area contributed by atoms with Crippen molar-refractivity contribution in [2.75, 3.05) is 32.8 Å². The Kier molecular flexibility index (Phi) is 6.61. The predicted octanol–water partition coefficient (Wildman–Crippen LogP) is 2.51. The van der Waals surface area contributed by atoms with E-state index in [2.05, 4.69) is 44.8 Å². The van der Waals surface area contributed by atoms with Crippen LogP contribution in [0.15, 0.2) is 0 Å². The van der Waals surface area contributed by atoms with Crippen molar-refractivity contribution in [1.29, 1.82) is 0 Å². The highest BCUT2D eigenvalue weighted by Crippen LogP contribution is 2.21. The monoisotopic (exact) mass is 256 g/mol. The Morgan fingerprint density at radius 3 is 2.67 bits per heavy atom. The molecule has 0 aromatic carbocycles. The van der Waals surface area contributed by atoms with Crippen LogP contribution in [0.5, 0.6) is 0 Å². The zero-order valence-electron chi connectivity index (χ0n) is 13.0. The van der Waals surface area contributed by atoms with Gasteiger partial charge in [0.25, 0.3) is 0 Å². The summed E-state index contributed by atoms with van der Waals surface area (Å²) in [6.45, 7) is 16.5. The summed E-state index contributed by atoms with van der Waals surface area (Å²) in [7, 11) is 0. The number of nitrogens with one attached hydrogen (secondary N) is 1. The third-order valence-electron chi connectivity index (χ3n) is 4.03. The van der Waals surface area contributed by atoms with Gasteiger partial charge in [-0.3, -0.25) is 4.90 Å². The van der Waals surface area contributed by atoms with Gasteiger partial charge >= 0.3 is 0 Å². The van der Waals surface area contributed by atoms with E-state index in [1.165, 1.54) is 6.42 Å². The summed E-state index contributed by atoms with van der Waals surface area (Å²) in [5.74, 6) is 0.750. The van der Waals surface area contributed by atoms with E-state index in [4.69, 9.17) is 4.74 Å². The van der Waals surface area contributed by atoms with Crippen LogP contribution < -0.4 is 5.32 Å². The molecule has 1 fully saturated rings. The molecule has 0 aromatic rings. The summed E-state index contributed by atoms with van der Waals surface area (Å²) in [5, 5.41) is 3.67. The Morgan fingerprint density at radius 2 is 2.06 bits per heavy atom. The topological polar surface area (TPSA) is 24.5 Å². The number of hydrogen-bond acceptors (Lipinski definition) is 3. The number of rotatable bonds is 7. The summed E-state index contributed by atoms with van der Waals surface area (Å²) in [4.78, 5) is 2.63. The molecule has 0 spiro atoms. The average Bonchev–Trinajstić information content (AvgIpc) is 2.33. The summed E-state index contributed by atoms with van der Waals surface area (Å²) < 4.78 is 5.65. The molecule has 1 saturated heterocycles. The molecule has 3 nitrogen and oxygen atoms in total. The summed E-state index contributed by atoms with van der Waals surface area (Å²) >= 11 is 0. The van der Waals surface area contributed by atoms with Gasteiger partial charge in [-0.1, -0.05) is 27.2 Å². The maximum absolute atomic E-state index is 5.65. The van der Waals surface area contributed by atoms with Crippen molar-refractivity contribution < 1.29 is 4.74 Å². The fourth-order valence-corrected chi connectivity index (χ4v) is 2.70. The Balaban J connectivity index is 2.49. The van der Waals surface area contributed by atoms with Crippen LogP contribution in [0.1, 0.15) is 47.5 Å². The first-order chi connectivity index (χ1) is 8.50. The normalized spacial score (nSPS) is 26.2. The second kappa shape index (κ2) is 7.46. The van der Waals surface area contributed by atoms with Crippen LogP contribution in [0.25, 0.3) is 0 Å². The molecule has 0 amide bonds. The van der Waals surface area contributed by atoms with Crippen molar-refractivity contribution in [1.82, 2.24) is 10.2 Å². The molecule has 3 heteroatoms. The Labute approximate surface area is 113 Å². The van der Waals surface area contributed by atoms with E-state index in [9.17, 15) is 0 Å². The predicted molar refractivity (Wildman–Crippen MR) is 78.0 cm³/mol. The van der Waals surface area contributed by atoms with Crippen LogP contribution in [-0.4, -0.2) is 49.3 Å². The first-order valence-electron chi connectivity index (χ1n) is 7.57. The first-order valence-corrected chi connectivity index (χ1v) is 7.57. The van der Waals surface area contributed by atoms with E-state index in [0.717, 1.165) is 45.2 Å². The van der Waals surface area contributed by atoms with Gasteiger partial charge in [-0.25, -0.2) is 0 Å². The van der Waals surface area contributed by atoms with Crippen molar-refractivity contribution in [2.24, 2.45) is 5.92 Å². The molecule has 18 heavy (non-hydrogen) atoms. The van der Waals surface area contributed by atoms with Gasteiger partial charge in [0, 0.05) is 37.8 Å². The van der Waals surface area contributed by atoms with Gasteiger partial charge in [0.05, 0.1) is 6.61 Å². The van der Waals surface area contributed by atoms with Crippen LogP contribution in [0.3, 0.4) is 0 Å². The van der Waals surface area contributed by atoms with E-state index in [0.29, 0.717) is 6.04 Å². The lowest BCUT2D eigenvalue weighted by atomic mass is 9.91. The van der Waals surface area contributed by atoms with Crippen molar-refractivity contribution in [3.8, 4) is 0 Å². The maximum Gasteiger partial charge on any atom is 0.0593 e. The molecule has 0 aromatic heterocycles. The van der Waals surface area contributed by atoms with E-state index in [-0.39, 0.29) is 5.54 Å². The van der Waals surface area contributed by atoms with Crippen molar-refractivity contribution in [3.63, 3.8) is 0 Å². The van der Waals surface area contributed by atoms with Crippen LogP contribution in [-0.2, 0) is 4.74 Å². The number of nitrogens with zero attached hydrogens (tertiary/aromatic N) is 1. The fraction of sp³-hybridized carbons (Fsp3) is 1.00. The van der Waals surface area contributed by atoms with Gasteiger partial charge in [-0.2, -0.15) is 0 Å². The number of hydrogen-bond donors (Lipinski definition) is 1. The zero-order valence-corrected chi connectivity index (χ0v) is 13.0. The lowest BCUT2D eigenvalue weighted by molar-refractivity contribution is 0.0302. The van der Waals surface area contributed by atoms with Gasteiger partial charge in [-0.05, 0) is 26.2 Å².